The van der Waals surface area contributed by atoms with Crippen LogP contribution in [0.2, 0.25) is 0 Å². The first-order valence-electron chi connectivity index (χ1n) is 6.57. The van der Waals surface area contributed by atoms with Gasteiger partial charge in [-0.15, -0.1) is 0 Å². The number of ether oxygens (including phenoxy) is 1. The summed E-state index contributed by atoms with van der Waals surface area (Å²) in [6.45, 7) is 3.85. The molecule has 1 rings (SSSR count). The Morgan fingerprint density at radius 3 is 2.79 bits per heavy atom. The van der Waals surface area contributed by atoms with E-state index in [-0.39, 0.29) is 0 Å². The largest absolute Gasteiger partial charge is 0.389 e. The molecule has 2 unspecified atom stereocenters. The van der Waals surface area contributed by atoms with Crippen LogP contribution in [0.25, 0.3) is 0 Å². The minimum atomic E-state index is -0.747. The second kappa shape index (κ2) is 10.1. The van der Waals surface area contributed by atoms with Gasteiger partial charge in [-0.2, -0.15) is 0 Å². The second-order valence-electron chi connectivity index (χ2n) is 4.29. The average molecular weight is 285 g/mol. The Morgan fingerprint density at radius 2 is 2.11 bits per heavy atom. The summed E-state index contributed by atoms with van der Waals surface area (Å²) in [5.41, 5.74) is 1.10. The molecule has 0 aromatic heterocycles. The number of rotatable bonds is 10. The lowest BCUT2D eigenvalue weighted by Crippen LogP contribution is -2.32. The van der Waals surface area contributed by atoms with Crippen molar-refractivity contribution in [2.45, 2.75) is 19.6 Å². The van der Waals surface area contributed by atoms with Gasteiger partial charge in [0, 0.05) is 35.4 Å². The van der Waals surface area contributed by atoms with Crippen molar-refractivity contribution >= 4 is 10.8 Å². The molecule has 5 heteroatoms. The number of hydrogen-bond acceptors (Lipinski definition) is 4. The van der Waals surface area contributed by atoms with E-state index in [1.54, 1.807) is 0 Å². The van der Waals surface area contributed by atoms with Crippen molar-refractivity contribution in [3.63, 3.8) is 0 Å². The molecule has 0 saturated heterocycles. The van der Waals surface area contributed by atoms with Gasteiger partial charge in [-0.25, -0.2) is 0 Å². The molecule has 0 heterocycles. The molecular weight excluding hydrogens is 262 g/mol. The van der Waals surface area contributed by atoms with E-state index in [2.05, 4.69) is 5.32 Å². The molecule has 0 aliphatic carbocycles. The minimum absolute atomic E-state index is 0.304. The fraction of sp³-hybridized carbons (Fsp3) is 0.571. The molecule has 0 amide bonds. The van der Waals surface area contributed by atoms with Gasteiger partial charge in [0.2, 0.25) is 0 Å². The van der Waals surface area contributed by atoms with Crippen LogP contribution in [0.1, 0.15) is 12.5 Å². The highest BCUT2D eigenvalue weighted by Crippen LogP contribution is 2.00. The summed E-state index contributed by atoms with van der Waals surface area (Å²) < 4.78 is 16.6. The third-order valence-corrected chi connectivity index (χ3v) is 3.93. The van der Waals surface area contributed by atoms with E-state index in [4.69, 9.17) is 4.74 Å². The molecule has 2 atom stereocenters. The predicted octanol–water partition coefficient (Wildman–Crippen LogP) is 0.922. The maximum Gasteiger partial charge on any atom is 0.0897 e. The molecule has 0 spiro atoms. The van der Waals surface area contributed by atoms with Gasteiger partial charge in [0.15, 0.2) is 0 Å². The lowest BCUT2D eigenvalue weighted by Gasteiger charge is -2.12. The fourth-order valence-corrected chi connectivity index (χ4v) is 2.21. The molecule has 0 bridgehead atoms. The Hall–Kier alpha value is -0.750. The van der Waals surface area contributed by atoms with Gasteiger partial charge < -0.3 is 15.2 Å². The third kappa shape index (κ3) is 8.10. The summed E-state index contributed by atoms with van der Waals surface area (Å²) in [4.78, 5) is 0. The van der Waals surface area contributed by atoms with Crippen molar-refractivity contribution in [3.8, 4) is 0 Å². The van der Waals surface area contributed by atoms with Gasteiger partial charge >= 0.3 is 0 Å². The van der Waals surface area contributed by atoms with Crippen LogP contribution in [-0.2, 0) is 22.1 Å². The summed E-state index contributed by atoms with van der Waals surface area (Å²) >= 11 is 0. The summed E-state index contributed by atoms with van der Waals surface area (Å²) in [7, 11) is -0.747. The zero-order valence-electron chi connectivity index (χ0n) is 11.4. The smallest absolute Gasteiger partial charge is 0.0897 e. The first-order valence-corrected chi connectivity index (χ1v) is 8.06. The van der Waals surface area contributed by atoms with Crippen LogP contribution in [0.15, 0.2) is 30.3 Å². The Labute approximate surface area is 117 Å². The third-order valence-electron chi connectivity index (χ3n) is 2.63. The van der Waals surface area contributed by atoms with Gasteiger partial charge in [0.25, 0.3) is 0 Å². The van der Waals surface area contributed by atoms with Crippen LogP contribution < -0.4 is 5.32 Å². The highest BCUT2D eigenvalue weighted by atomic mass is 32.2. The molecule has 2 N–H and O–H groups in total. The van der Waals surface area contributed by atoms with Crippen LogP contribution in [0.4, 0.5) is 0 Å². The maximum atomic E-state index is 11.2. The van der Waals surface area contributed by atoms with Crippen molar-refractivity contribution < 1.29 is 14.1 Å². The lowest BCUT2D eigenvalue weighted by molar-refractivity contribution is 0.0291. The summed E-state index contributed by atoms with van der Waals surface area (Å²) in [5, 5.41) is 12.8. The van der Waals surface area contributed by atoms with Crippen molar-refractivity contribution in [2.75, 3.05) is 31.2 Å². The van der Waals surface area contributed by atoms with E-state index in [0.717, 1.165) is 5.56 Å². The number of hydrogen-bond donors (Lipinski definition) is 2. The summed E-state index contributed by atoms with van der Waals surface area (Å²) in [5.74, 6) is 1.32. The van der Waals surface area contributed by atoms with Crippen molar-refractivity contribution in [2.24, 2.45) is 0 Å². The van der Waals surface area contributed by atoms with Crippen LogP contribution in [0.3, 0.4) is 0 Å². The Kier molecular flexibility index (Phi) is 8.66. The van der Waals surface area contributed by atoms with Crippen LogP contribution in [0.5, 0.6) is 0 Å². The van der Waals surface area contributed by atoms with E-state index >= 15 is 0 Å². The van der Waals surface area contributed by atoms with E-state index in [0.29, 0.717) is 37.8 Å². The standard InChI is InChI=1S/C14H23NO3S/c1-2-19(17)9-8-15-10-14(16)12-18-11-13-6-4-3-5-7-13/h3-7,14-16H,2,8-12H2,1H3. The Morgan fingerprint density at radius 1 is 1.37 bits per heavy atom. The molecule has 1 aromatic carbocycles. The summed E-state index contributed by atoms with van der Waals surface area (Å²) in [6, 6.07) is 9.87. The van der Waals surface area contributed by atoms with Crippen LogP contribution in [0, 0.1) is 0 Å². The highest BCUT2D eigenvalue weighted by Gasteiger charge is 2.04. The molecule has 0 aliphatic heterocycles. The molecule has 108 valence electrons. The first kappa shape index (κ1) is 16.3. The van der Waals surface area contributed by atoms with E-state index in [1.165, 1.54) is 0 Å². The van der Waals surface area contributed by atoms with Crippen molar-refractivity contribution in [1.82, 2.24) is 5.32 Å². The Bertz CT molecular complexity index is 359. The molecule has 0 radical (unpaired) electrons. The number of aliphatic hydroxyl groups is 1. The first-order chi connectivity index (χ1) is 9.22. The van der Waals surface area contributed by atoms with E-state index < -0.39 is 16.9 Å². The van der Waals surface area contributed by atoms with Crippen molar-refractivity contribution in [3.05, 3.63) is 35.9 Å². The summed E-state index contributed by atoms with van der Waals surface area (Å²) in [6.07, 6.45) is -0.529. The number of benzene rings is 1. The SMILES string of the molecule is CCS(=O)CCNCC(O)COCc1ccccc1. The molecule has 0 aliphatic rings. The zero-order chi connectivity index (χ0) is 13.9. The molecule has 19 heavy (non-hydrogen) atoms. The minimum Gasteiger partial charge on any atom is -0.389 e. The monoisotopic (exact) mass is 285 g/mol. The van der Waals surface area contributed by atoms with Gasteiger partial charge in [0.05, 0.1) is 19.3 Å². The molecule has 0 saturated carbocycles. The topological polar surface area (TPSA) is 58.6 Å². The van der Waals surface area contributed by atoms with Crippen LogP contribution in [-0.4, -0.2) is 46.6 Å². The lowest BCUT2D eigenvalue weighted by atomic mass is 10.2. The molecule has 4 nitrogen and oxygen atoms in total. The van der Waals surface area contributed by atoms with Gasteiger partial charge in [0.1, 0.15) is 0 Å². The van der Waals surface area contributed by atoms with Crippen molar-refractivity contribution in [1.29, 1.82) is 0 Å². The highest BCUT2D eigenvalue weighted by molar-refractivity contribution is 7.84. The molecule has 0 fully saturated rings. The van der Waals surface area contributed by atoms with Crippen LogP contribution >= 0.6 is 0 Å². The fourth-order valence-electron chi connectivity index (χ4n) is 1.54. The number of aliphatic hydroxyl groups excluding tert-OH is 1. The molecule has 1 aromatic rings. The maximum absolute atomic E-state index is 11.2. The van der Waals surface area contributed by atoms with E-state index in [1.807, 2.05) is 37.3 Å². The second-order valence-corrected chi connectivity index (χ2v) is 6.16. The molecular formula is C14H23NO3S. The quantitative estimate of drug-likeness (QED) is 0.628. The van der Waals surface area contributed by atoms with E-state index in [9.17, 15) is 9.32 Å². The normalized spacial score (nSPS) is 14.2. The zero-order valence-corrected chi connectivity index (χ0v) is 12.2. The predicted molar refractivity (Wildman–Crippen MR) is 78.5 cm³/mol. The van der Waals surface area contributed by atoms with Gasteiger partial charge in [-0.3, -0.25) is 4.21 Å². The average Bonchev–Trinajstić information content (AvgIpc) is 2.44. The van der Waals surface area contributed by atoms with Gasteiger partial charge in [-0.1, -0.05) is 37.3 Å². The number of nitrogens with one attached hydrogen (secondary N) is 1. The Balaban J connectivity index is 2.02. The van der Waals surface area contributed by atoms with Gasteiger partial charge in [-0.05, 0) is 5.56 Å².